The van der Waals surface area contributed by atoms with Crippen molar-refractivity contribution in [1.82, 2.24) is 25.5 Å². The van der Waals surface area contributed by atoms with E-state index in [1.54, 1.807) is 55.5 Å². The number of aromatic nitrogens is 4. The molecule has 1 aliphatic rings. The van der Waals surface area contributed by atoms with Gasteiger partial charge in [0.25, 0.3) is 5.91 Å². The molecule has 0 aliphatic carbocycles. The Morgan fingerprint density at radius 1 is 1.17 bits per heavy atom. The number of para-hydroxylation sites is 1. The van der Waals surface area contributed by atoms with Crippen LogP contribution in [0.15, 0.2) is 48.5 Å². The van der Waals surface area contributed by atoms with Gasteiger partial charge in [0.1, 0.15) is 6.04 Å². The molecule has 0 saturated carbocycles. The van der Waals surface area contributed by atoms with Crippen molar-refractivity contribution in [2.24, 2.45) is 0 Å². The highest BCUT2D eigenvalue weighted by molar-refractivity contribution is 6.11. The summed E-state index contributed by atoms with van der Waals surface area (Å²) in [7, 11) is 0. The summed E-state index contributed by atoms with van der Waals surface area (Å²) in [6.45, 7) is 1.76. The first-order valence-corrected chi connectivity index (χ1v) is 8.87. The van der Waals surface area contributed by atoms with E-state index in [1.165, 1.54) is 4.68 Å². The molecule has 3 amide bonds. The Bertz CT molecular complexity index is 1110. The van der Waals surface area contributed by atoms with Gasteiger partial charge in [0, 0.05) is 5.69 Å². The lowest BCUT2D eigenvalue weighted by Gasteiger charge is -2.14. The zero-order valence-corrected chi connectivity index (χ0v) is 15.4. The van der Waals surface area contributed by atoms with E-state index < -0.39 is 23.8 Å². The number of nitrogens with one attached hydrogen (secondary N) is 3. The number of hydrogen-bond acceptors (Lipinski definition) is 6. The van der Waals surface area contributed by atoms with E-state index >= 15 is 0 Å². The summed E-state index contributed by atoms with van der Waals surface area (Å²) in [6, 6.07) is 12.7. The van der Waals surface area contributed by atoms with Gasteiger partial charge in [-0.2, -0.15) is 4.68 Å². The number of hydrogen-bond donors (Lipinski definition) is 3. The summed E-state index contributed by atoms with van der Waals surface area (Å²) >= 11 is 0. The van der Waals surface area contributed by atoms with E-state index in [0.717, 1.165) is 0 Å². The fourth-order valence-electron chi connectivity index (χ4n) is 3.04. The topological polar surface area (TPSA) is 131 Å². The Balaban J connectivity index is 1.46. The maximum absolute atomic E-state index is 12.5. The minimum absolute atomic E-state index is 0.209. The molecule has 0 spiro atoms. The van der Waals surface area contributed by atoms with Gasteiger partial charge in [-0.05, 0) is 47.7 Å². The molecule has 4 rings (SSSR count). The third-order valence-corrected chi connectivity index (χ3v) is 4.44. The van der Waals surface area contributed by atoms with Crippen molar-refractivity contribution in [2.75, 3.05) is 10.6 Å². The number of carbonyl (C=O) groups excluding carboxylic acids is 3. The van der Waals surface area contributed by atoms with Crippen LogP contribution in [0.3, 0.4) is 0 Å². The van der Waals surface area contributed by atoms with Crippen molar-refractivity contribution in [2.45, 2.75) is 19.4 Å². The Kier molecular flexibility index (Phi) is 4.73. The normalized spacial score (nSPS) is 15.7. The molecule has 10 heteroatoms. The number of tetrazole rings is 1. The number of nitrogens with zero attached hydrogens (tertiary/aromatic N) is 4. The van der Waals surface area contributed by atoms with E-state index in [2.05, 4.69) is 31.5 Å². The van der Waals surface area contributed by atoms with Crippen LogP contribution in [0.1, 0.15) is 22.6 Å². The van der Waals surface area contributed by atoms with E-state index in [1.807, 2.05) is 0 Å². The first kappa shape index (κ1) is 18.3. The zero-order chi connectivity index (χ0) is 20.4. The molecule has 1 aliphatic heterocycles. The predicted molar refractivity (Wildman–Crippen MR) is 103 cm³/mol. The van der Waals surface area contributed by atoms with Crippen molar-refractivity contribution in [1.29, 1.82) is 0 Å². The van der Waals surface area contributed by atoms with Gasteiger partial charge >= 0.3 is 0 Å². The van der Waals surface area contributed by atoms with E-state index in [9.17, 15) is 14.4 Å². The van der Waals surface area contributed by atoms with Gasteiger partial charge in [-0.25, -0.2) is 0 Å². The molecule has 3 aromatic rings. The summed E-state index contributed by atoms with van der Waals surface area (Å²) in [5.74, 6) is -0.669. The average molecular weight is 391 g/mol. The molecular formula is C19H17N7O3. The van der Waals surface area contributed by atoms with Gasteiger partial charge in [-0.3, -0.25) is 14.4 Å². The molecule has 146 valence electrons. The second kappa shape index (κ2) is 7.50. The van der Waals surface area contributed by atoms with Gasteiger partial charge in [-0.15, -0.1) is 5.10 Å². The van der Waals surface area contributed by atoms with Gasteiger partial charge in [0.05, 0.1) is 23.4 Å². The summed E-state index contributed by atoms with van der Waals surface area (Å²) < 4.78 is 1.53. The Morgan fingerprint density at radius 2 is 2.00 bits per heavy atom. The first-order chi connectivity index (χ1) is 14.0. The fourth-order valence-corrected chi connectivity index (χ4v) is 3.04. The molecule has 1 aromatic heterocycles. The van der Waals surface area contributed by atoms with Crippen LogP contribution in [-0.4, -0.2) is 44.0 Å². The maximum Gasteiger partial charge on any atom is 0.254 e. The monoisotopic (exact) mass is 391 g/mol. The summed E-state index contributed by atoms with van der Waals surface area (Å²) in [5.41, 5.74) is 1.97. The maximum atomic E-state index is 12.5. The van der Waals surface area contributed by atoms with Gasteiger partial charge in [0.2, 0.25) is 11.8 Å². The molecule has 0 saturated heterocycles. The van der Waals surface area contributed by atoms with Crippen LogP contribution in [0, 0.1) is 6.92 Å². The molecule has 2 heterocycles. The summed E-state index contributed by atoms with van der Waals surface area (Å²) in [4.78, 5) is 37.3. The smallest absolute Gasteiger partial charge is 0.254 e. The fraction of sp³-hybridized carbons (Fsp3) is 0.158. The second-order valence-corrected chi connectivity index (χ2v) is 6.50. The van der Waals surface area contributed by atoms with Crippen molar-refractivity contribution < 1.29 is 14.4 Å². The molecule has 1 atom stereocenters. The molecule has 29 heavy (non-hydrogen) atoms. The first-order valence-electron chi connectivity index (χ1n) is 8.87. The Hall–Kier alpha value is -4.08. The number of benzene rings is 2. The second-order valence-electron chi connectivity index (χ2n) is 6.50. The highest BCUT2D eigenvalue weighted by Gasteiger charge is 2.29. The van der Waals surface area contributed by atoms with Crippen molar-refractivity contribution >= 4 is 29.1 Å². The molecule has 0 radical (unpaired) electrons. The van der Waals surface area contributed by atoms with Crippen LogP contribution < -0.4 is 16.0 Å². The number of anilines is 2. The standard InChI is InChI=1S/C19H17N7O3/c1-11-23-24-25-26(11)13-6-4-5-12(9-13)20-17(27)10-16-19(29)21-15-8-3-2-7-14(15)18(28)22-16/h2-9,16H,10H2,1H3,(H,20,27)(H,21,29)(H,22,28)/t16-/m1/s1. The van der Waals surface area contributed by atoms with Gasteiger partial charge < -0.3 is 16.0 Å². The van der Waals surface area contributed by atoms with E-state index in [0.29, 0.717) is 28.5 Å². The zero-order valence-electron chi connectivity index (χ0n) is 15.4. The minimum atomic E-state index is -0.986. The van der Waals surface area contributed by atoms with E-state index in [4.69, 9.17) is 0 Å². The van der Waals surface area contributed by atoms with Crippen LogP contribution in [-0.2, 0) is 9.59 Å². The summed E-state index contributed by atoms with van der Waals surface area (Å²) in [6.07, 6.45) is -0.209. The molecule has 0 fully saturated rings. The Labute approximate surface area is 165 Å². The van der Waals surface area contributed by atoms with Crippen molar-refractivity contribution in [3.05, 3.63) is 59.9 Å². The highest BCUT2D eigenvalue weighted by Crippen LogP contribution is 2.19. The van der Waals surface area contributed by atoms with Crippen molar-refractivity contribution in [3.8, 4) is 5.69 Å². The largest absolute Gasteiger partial charge is 0.340 e. The van der Waals surface area contributed by atoms with Crippen LogP contribution in [0.4, 0.5) is 11.4 Å². The number of aryl methyl sites for hydroxylation is 1. The van der Waals surface area contributed by atoms with Crippen LogP contribution >= 0.6 is 0 Å². The molecule has 0 unspecified atom stereocenters. The lowest BCUT2D eigenvalue weighted by molar-refractivity contribution is -0.122. The number of fused-ring (bicyclic) bond motifs is 1. The van der Waals surface area contributed by atoms with Crippen LogP contribution in [0.25, 0.3) is 5.69 Å². The van der Waals surface area contributed by atoms with E-state index in [-0.39, 0.29) is 6.42 Å². The lowest BCUT2D eigenvalue weighted by Crippen LogP contribution is -2.43. The quantitative estimate of drug-likeness (QED) is 0.609. The Morgan fingerprint density at radius 3 is 2.79 bits per heavy atom. The average Bonchev–Trinajstić information content (AvgIpc) is 3.09. The third-order valence-electron chi connectivity index (χ3n) is 4.44. The number of carbonyl (C=O) groups is 3. The van der Waals surface area contributed by atoms with Gasteiger partial charge in [0.15, 0.2) is 5.82 Å². The van der Waals surface area contributed by atoms with Crippen molar-refractivity contribution in [3.63, 3.8) is 0 Å². The molecule has 0 bridgehead atoms. The summed E-state index contributed by atoms with van der Waals surface area (Å²) in [5, 5.41) is 19.3. The molecular weight excluding hydrogens is 374 g/mol. The lowest BCUT2D eigenvalue weighted by atomic mass is 10.1. The highest BCUT2D eigenvalue weighted by atomic mass is 16.2. The molecule has 2 aromatic carbocycles. The van der Waals surface area contributed by atoms with Crippen LogP contribution in [0.2, 0.25) is 0 Å². The third kappa shape index (κ3) is 3.81. The SMILES string of the molecule is Cc1nnnn1-c1cccc(NC(=O)C[C@H]2NC(=O)c3ccccc3NC2=O)c1. The van der Waals surface area contributed by atoms with Gasteiger partial charge in [-0.1, -0.05) is 18.2 Å². The predicted octanol–water partition coefficient (Wildman–Crippen LogP) is 1.05. The minimum Gasteiger partial charge on any atom is -0.340 e. The molecule has 10 nitrogen and oxygen atoms in total. The number of amides is 3. The van der Waals surface area contributed by atoms with Crippen LogP contribution in [0.5, 0.6) is 0 Å². The molecule has 3 N–H and O–H groups in total. The number of rotatable bonds is 4.